The van der Waals surface area contributed by atoms with Gasteiger partial charge >= 0.3 is 0 Å². The summed E-state index contributed by atoms with van der Waals surface area (Å²) in [5.41, 5.74) is 6.45. The first-order valence-corrected chi connectivity index (χ1v) is 16.9. The maximum absolute atomic E-state index is 14.7. The highest BCUT2D eigenvalue weighted by Crippen LogP contribution is 2.61. The van der Waals surface area contributed by atoms with Crippen LogP contribution in [0.3, 0.4) is 0 Å². The highest BCUT2D eigenvalue weighted by molar-refractivity contribution is 6.21. The lowest BCUT2D eigenvalue weighted by atomic mass is 9.69. The van der Waals surface area contributed by atoms with Gasteiger partial charge in [0.1, 0.15) is 17.7 Å². The smallest absolute Gasteiger partial charge is 0.242 e. The topological polar surface area (TPSA) is 76.9 Å². The van der Waals surface area contributed by atoms with Crippen molar-refractivity contribution in [3.8, 4) is 33.8 Å². The molecular weight excluding hydrogens is 600 g/mol. The van der Waals surface area contributed by atoms with Crippen LogP contribution in [0.25, 0.3) is 22.3 Å². The summed E-state index contributed by atoms with van der Waals surface area (Å²) in [6, 6.07) is 21.6. The van der Waals surface area contributed by atoms with Crippen molar-refractivity contribution in [1.29, 1.82) is 0 Å². The minimum atomic E-state index is -0.691. The molecule has 0 radical (unpaired) electrons. The molecule has 1 fully saturated rings. The van der Waals surface area contributed by atoms with E-state index in [0.29, 0.717) is 25.7 Å². The van der Waals surface area contributed by atoms with Gasteiger partial charge < -0.3 is 14.0 Å². The Morgan fingerprint density at radius 2 is 1.29 bits per heavy atom. The summed E-state index contributed by atoms with van der Waals surface area (Å²) in [6.45, 7) is 8.43. The van der Waals surface area contributed by atoms with Crippen LogP contribution in [0.4, 0.5) is 17.1 Å². The third-order valence-corrected chi connectivity index (χ3v) is 11.1. The molecule has 0 saturated carbocycles. The fourth-order valence-electron chi connectivity index (χ4n) is 8.27. The summed E-state index contributed by atoms with van der Waals surface area (Å²) in [5.74, 6) is 1.69. The molecular formula is C40H42N4O4. The van der Waals surface area contributed by atoms with Crippen LogP contribution in [-0.2, 0) is 15.0 Å². The van der Waals surface area contributed by atoms with Crippen molar-refractivity contribution in [3.05, 3.63) is 97.1 Å². The molecule has 3 aliphatic heterocycles. The van der Waals surface area contributed by atoms with Crippen molar-refractivity contribution < 1.29 is 19.1 Å². The third-order valence-electron chi connectivity index (χ3n) is 11.1. The SMILES string of the molecule is CCC1(CC)C(=O)N(c2ccc(OC)cc2)c2c(-c3ccncc3)c3cn(C4N(c5ccc(OC)cc5)C(=O)C4(CC)CC)ccc-3c21. The van der Waals surface area contributed by atoms with Gasteiger partial charge in [-0.2, -0.15) is 0 Å². The molecule has 1 aromatic heterocycles. The number of benzene rings is 2. The van der Waals surface area contributed by atoms with Crippen LogP contribution in [0.1, 0.15) is 65.1 Å². The number of rotatable bonds is 10. The van der Waals surface area contributed by atoms with Crippen LogP contribution in [-0.4, -0.2) is 35.6 Å². The molecule has 1 atom stereocenters. The molecule has 2 amide bonds. The number of pyridine rings is 2. The lowest BCUT2D eigenvalue weighted by Gasteiger charge is -2.56. The van der Waals surface area contributed by atoms with Gasteiger partial charge in [0.05, 0.1) is 30.7 Å². The Balaban J connectivity index is 1.50. The fraction of sp³-hybridized carbons (Fsp3) is 0.325. The van der Waals surface area contributed by atoms with E-state index < -0.39 is 10.8 Å². The molecule has 4 aliphatic rings. The number of ether oxygens (including phenoxy) is 2. The van der Waals surface area contributed by atoms with Gasteiger partial charge in [0, 0.05) is 52.9 Å². The largest absolute Gasteiger partial charge is 0.497 e. The monoisotopic (exact) mass is 642 g/mol. The second-order valence-corrected chi connectivity index (χ2v) is 12.8. The Labute approximate surface area is 282 Å². The zero-order chi connectivity index (χ0) is 33.8. The number of hydrogen-bond donors (Lipinski definition) is 0. The number of fused-ring (bicyclic) bond motifs is 3. The van der Waals surface area contributed by atoms with Crippen molar-refractivity contribution >= 4 is 28.9 Å². The molecule has 1 unspecified atom stereocenters. The Bertz CT molecular complexity index is 1940. The van der Waals surface area contributed by atoms with E-state index in [1.165, 1.54) is 0 Å². The second kappa shape index (κ2) is 11.8. The molecule has 1 saturated heterocycles. The van der Waals surface area contributed by atoms with E-state index in [1.807, 2.05) is 70.5 Å². The number of hydrogen-bond acceptors (Lipinski definition) is 5. The Hall–Kier alpha value is -5.11. The fourth-order valence-corrected chi connectivity index (χ4v) is 8.27. The molecule has 48 heavy (non-hydrogen) atoms. The summed E-state index contributed by atoms with van der Waals surface area (Å²) < 4.78 is 13.1. The van der Waals surface area contributed by atoms with Gasteiger partial charge in [-0.15, -0.1) is 0 Å². The number of anilines is 3. The van der Waals surface area contributed by atoms with Gasteiger partial charge in [0.15, 0.2) is 0 Å². The molecule has 0 spiro atoms. The van der Waals surface area contributed by atoms with E-state index in [0.717, 1.165) is 56.4 Å². The highest BCUT2D eigenvalue weighted by atomic mass is 16.5. The number of amides is 2. The Kier molecular flexibility index (Phi) is 7.77. The Morgan fingerprint density at radius 1 is 0.708 bits per heavy atom. The third kappa shape index (κ3) is 4.24. The summed E-state index contributed by atoms with van der Waals surface area (Å²) in [6.07, 6.45) is 10.4. The van der Waals surface area contributed by atoms with Gasteiger partial charge in [-0.3, -0.25) is 24.4 Å². The summed E-state index contributed by atoms with van der Waals surface area (Å²) in [4.78, 5) is 36.9. The number of carbonyl (C=O) groups excluding carboxylic acids is 2. The molecule has 4 heterocycles. The van der Waals surface area contributed by atoms with E-state index in [-0.39, 0.29) is 18.0 Å². The summed E-state index contributed by atoms with van der Waals surface area (Å²) in [5, 5.41) is 0. The first-order valence-electron chi connectivity index (χ1n) is 16.9. The number of aromatic nitrogens is 2. The van der Waals surface area contributed by atoms with Gasteiger partial charge in [0.2, 0.25) is 11.8 Å². The number of carbonyl (C=O) groups is 2. The van der Waals surface area contributed by atoms with Crippen molar-refractivity contribution in [2.24, 2.45) is 5.41 Å². The molecule has 3 aromatic rings. The predicted molar refractivity (Wildman–Crippen MR) is 189 cm³/mol. The highest BCUT2D eigenvalue weighted by Gasteiger charge is 2.60. The van der Waals surface area contributed by atoms with Crippen molar-refractivity contribution in [2.45, 2.75) is 65.0 Å². The molecule has 1 aliphatic carbocycles. The van der Waals surface area contributed by atoms with Crippen LogP contribution in [0, 0.1) is 5.41 Å². The number of methoxy groups -OCH3 is 2. The predicted octanol–water partition coefficient (Wildman–Crippen LogP) is 8.76. The summed E-state index contributed by atoms with van der Waals surface area (Å²) in [7, 11) is 3.29. The molecule has 0 N–H and O–H groups in total. The average Bonchev–Trinajstić information content (AvgIpc) is 3.59. The van der Waals surface area contributed by atoms with E-state index in [1.54, 1.807) is 26.6 Å². The molecule has 7 rings (SSSR count). The molecule has 2 aromatic carbocycles. The molecule has 8 nitrogen and oxygen atoms in total. The number of β-lactam (4-membered cyclic amide) rings is 1. The normalized spacial score (nSPS) is 17.8. The minimum absolute atomic E-state index is 0.0860. The van der Waals surface area contributed by atoms with Crippen molar-refractivity contribution in [1.82, 2.24) is 9.55 Å². The molecule has 0 bridgehead atoms. The second-order valence-electron chi connectivity index (χ2n) is 12.8. The zero-order valence-corrected chi connectivity index (χ0v) is 28.5. The van der Waals surface area contributed by atoms with Crippen LogP contribution >= 0.6 is 0 Å². The van der Waals surface area contributed by atoms with Gasteiger partial charge in [0.25, 0.3) is 0 Å². The van der Waals surface area contributed by atoms with E-state index in [4.69, 9.17) is 9.47 Å². The van der Waals surface area contributed by atoms with Crippen molar-refractivity contribution in [2.75, 3.05) is 24.0 Å². The van der Waals surface area contributed by atoms with Crippen LogP contribution in [0.5, 0.6) is 11.5 Å². The van der Waals surface area contributed by atoms with E-state index >= 15 is 0 Å². The lowest BCUT2D eigenvalue weighted by molar-refractivity contribution is -0.144. The average molecular weight is 643 g/mol. The van der Waals surface area contributed by atoms with Gasteiger partial charge in [-0.05, 0) is 104 Å². The van der Waals surface area contributed by atoms with Gasteiger partial charge in [-0.25, -0.2) is 0 Å². The molecule has 8 heteroatoms. The zero-order valence-electron chi connectivity index (χ0n) is 28.5. The van der Waals surface area contributed by atoms with Crippen LogP contribution < -0.4 is 19.3 Å². The maximum atomic E-state index is 14.7. The maximum Gasteiger partial charge on any atom is 0.242 e. The first-order chi connectivity index (χ1) is 23.3. The summed E-state index contributed by atoms with van der Waals surface area (Å²) >= 11 is 0. The number of nitrogens with zero attached hydrogens (tertiary/aromatic N) is 4. The van der Waals surface area contributed by atoms with Gasteiger partial charge in [-0.1, -0.05) is 27.7 Å². The lowest BCUT2D eigenvalue weighted by Crippen LogP contribution is -2.65. The quantitative estimate of drug-likeness (QED) is 0.142. The Morgan fingerprint density at radius 3 is 1.83 bits per heavy atom. The standard InChI is InChI=1S/C40H42N4O4/c1-7-39(8-2)34-31-21-24-42(36-40(9-3,10-4)38(46)44(36)28-13-17-30(48-6)18-14-28)25-32(31)33(26-19-22-41-23-20-26)35(34)43(37(39)45)27-11-15-29(47-5)16-12-27/h11-25,36H,7-10H2,1-6H3. The van der Waals surface area contributed by atoms with E-state index in [2.05, 4.69) is 55.7 Å². The minimum Gasteiger partial charge on any atom is -0.497 e. The molecule has 246 valence electrons. The van der Waals surface area contributed by atoms with Crippen LogP contribution in [0.15, 0.2) is 91.5 Å². The first kappa shape index (κ1) is 31.5. The van der Waals surface area contributed by atoms with Crippen molar-refractivity contribution in [3.63, 3.8) is 0 Å². The van der Waals surface area contributed by atoms with E-state index in [9.17, 15) is 9.59 Å². The van der Waals surface area contributed by atoms with Crippen LogP contribution in [0.2, 0.25) is 0 Å².